The highest BCUT2D eigenvalue weighted by molar-refractivity contribution is 5.70. The number of aliphatic carboxylic acids is 1. The summed E-state index contributed by atoms with van der Waals surface area (Å²) in [6, 6.07) is 0. The number of carboxylic acid groups (broad SMARTS) is 1. The summed E-state index contributed by atoms with van der Waals surface area (Å²) in [7, 11) is 2.04. The normalized spacial score (nSPS) is 33.6. The molecule has 1 fully saturated rings. The van der Waals surface area contributed by atoms with Crippen molar-refractivity contribution in [1.82, 2.24) is 4.90 Å². The van der Waals surface area contributed by atoms with E-state index < -0.39 is 5.97 Å². The van der Waals surface area contributed by atoms with Gasteiger partial charge in [-0.2, -0.15) is 0 Å². The van der Waals surface area contributed by atoms with Crippen molar-refractivity contribution in [3.63, 3.8) is 0 Å². The number of likely N-dealkylation sites (tertiary alicyclic amines) is 1. The summed E-state index contributed by atoms with van der Waals surface area (Å²) in [5.74, 6) is -0.456. The molecule has 0 aromatic carbocycles. The summed E-state index contributed by atoms with van der Waals surface area (Å²) in [5.41, 5.74) is 0. The van der Waals surface area contributed by atoms with E-state index in [2.05, 4.69) is 4.90 Å². The van der Waals surface area contributed by atoms with E-state index in [1.54, 1.807) is 0 Å². The van der Waals surface area contributed by atoms with Crippen LogP contribution in [0.4, 0.5) is 0 Å². The van der Waals surface area contributed by atoms with Crippen molar-refractivity contribution in [1.29, 1.82) is 0 Å². The van der Waals surface area contributed by atoms with Crippen molar-refractivity contribution >= 4 is 5.97 Å². The zero-order valence-electron chi connectivity index (χ0n) is 7.08. The lowest BCUT2D eigenvalue weighted by Gasteiger charge is -2.32. The summed E-state index contributed by atoms with van der Waals surface area (Å²) in [6.07, 6.45) is 0.799. The van der Waals surface area contributed by atoms with Gasteiger partial charge >= 0.3 is 5.97 Å². The molecule has 0 aromatic rings. The molecule has 0 amide bonds. The van der Waals surface area contributed by atoms with Gasteiger partial charge in [0.1, 0.15) is 0 Å². The highest BCUT2D eigenvalue weighted by Crippen LogP contribution is 2.21. The molecule has 64 valence electrons. The number of carbonyl (C=O) groups is 1. The lowest BCUT2D eigenvalue weighted by molar-refractivity contribution is -0.145. The van der Waals surface area contributed by atoms with E-state index in [1.165, 1.54) is 0 Å². The van der Waals surface area contributed by atoms with Crippen molar-refractivity contribution in [3.05, 3.63) is 0 Å². The van der Waals surface area contributed by atoms with Crippen LogP contribution in [0.3, 0.4) is 0 Å². The molecule has 1 aliphatic heterocycles. The molecule has 0 spiro atoms. The fraction of sp³-hybridized carbons (Fsp3) is 0.875. The Morgan fingerprint density at radius 1 is 1.64 bits per heavy atom. The maximum absolute atomic E-state index is 10.7. The van der Waals surface area contributed by atoms with Gasteiger partial charge in [0, 0.05) is 6.54 Å². The zero-order valence-corrected chi connectivity index (χ0v) is 7.08. The second-order valence-electron chi connectivity index (χ2n) is 3.47. The molecule has 2 atom stereocenters. The van der Waals surface area contributed by atoms with Crippen molar-refractivity contribution < 1.29 is 9.90 Å². The maximum atomic E-state index is 10.7. The number of hydrogen-bond acceptors (Lipinski definition) is 2. The first kappa shape index (κ1) is 8.53. The second-order valence-corrected chi connectivity index (χ2v) is 3.47. The highest BCUT2D eigenvalue weighted by Gasteiger charge is 2.29. The summed E-state index contributed by atoms with van der Waals surface area (Å²) >= 11 is 0. The van der Waals surface area contributed by atoms with Gasteiger partial charge in [-0.15, -0.1) is 0 Å². The maximum Gasteiger partial charge on any atom is 0.306 e. The molecule has 0 aromatic heterocycles. The highest BCUT2D eigenvalue weighted by atomic mass is 16.4. The molecule has 3 heteroatoms. The fourth-order valence-electron chi connectivity index (χ4n) is 1.72. The minimum atomic E-state index is -0.634. The van der Waals surface area contributed by atoms with Gasteiger partial charge in [-0.3, -0.25) is 4.79 Å². The van der Waals surface area contributed by atoms with E-state index in [0.29, 0.717) is 5.92 Å². The first-order valence-corrected chi connectivity index (χ1v) is 4.02. The largest absolute Gasteiger partial charge is 0.481 e. The Morgan fingerprint density at radius 3 is 2.73 bits per heavy atom. The Balaban J connectivity index is 2.50. The quantitative estimate of drug-likeness (QED) is 0.608. The Labute approximate surface area is 67.0 Å². The smallest absolute Gasteiger partial charge is 0.306 e. The molecule has 2 unspecified atom stereocenters. The molecule has 1 rings (SSSR count). The molecular weight excluding hydrogens is 142 g/mol. The van der Waals surface area contributed by atoms with Gasteiger partial charge in [-0.1, -0.05) is 6.92 Å². The van der Waals surface area contributed by atoms with E-state index in [0.717, 1.165) is 19.5 Å². The van der Waals surface area contributed by atoms with Gasteiger partial charge in [-0.05, 0) is 25.9 Å². The van der Waals surface area contributed by atoms with Crippen LogP contribution in [0.25, 0.3) is 0 Å². The number of hydrogen-bond donors (Lipinski definition) is 1. The third kappa shape index (κ3) is 1.93. The van der Waals surface area contributed by atoms with Crippen molar-refractivity contribution in [2.24, 2.45) is 11.8 Å². The van der Waals surface area contributed by atoms with Gasteiger partial charge < -0.3 is 10.0 Å². The van der Waals surface area contributed by atoms with Crippen LogP contribution in [0.2, 0.25) is 0 Å². The molecule has 1 aliphatic rings. The third-order valence-electron chi connectivity index (χ3n) is 2.43. The summed E-state index contributed by atoms with van der Waals surface area (Å²) < 4.78 is 0. The van der Waals surface area contributed by atoms with Crippen LogP contribution in [-0.2, 0) is 4.79 Å². The molecule has 11 heavy (non-hydrogen) atoms. The first-order chi connectivity index (χ1) is 5.11. The topological polar surface area (TPSA) is 40.5 Å². The SMILES string of the molecule is CC1CN(C)CCC1C(=O)O. The first-order valence-electron chi connectivity index (χ1n) is 4.02. The summed E-state index contributed by atoms with van der Waals surface area (Å²) in [6.45, 7) is 3.84. The molecule has 1 saturated heterocycles. The van der Waals surface area contributed by atoms with Crippen molar-refractivity contribution in [2.45, 2.75) is 13.3 Å². The molecule has 1 heterocycles. The zero-order chi connectivity index (χ0) is 8.43. The molecule has 0 bridgehead atoms. The van der Waals surface area contributed by atoms with Gasteiger partial charge in [0.25, 0.3) is 0 Å². The van der Waals surface area contributed by atoms with Gasteiger partial charge in [0.15, 0.2) is 0 Å². The van der Waals surface area contributed by atoms with Crippen molar-refractivity contribution in [2.75, 3.05) is 20.1 Å². The van der Waals surface area contributed by atoms with Gasteiger partial charge in [-0.25, -0.2) is 0 Å². The average molecular weight is 157 g/mol. The lowest BCUT2D eigenvalue weighted by atomic mass is 9.87. The molecule has 0 saturated carbocycles. The monoisotopic (exact) mass is 157 g/mol. The van der Waals surface area contributed by atoms with E-state index in [4.69, 9.17) is 5.11 Å². The number of carboxylic acids is 1. The number of rotatable bonds is 1. The number of nitrogens with zero attached hydrogens (tertiary/aromatic N) is 1. The molecule has 3 nitrogen and oxygen atoms in total. The second kappa shape index (κ2) is 3.22. The van der Waals surface area contributed by atoms with Crippen molar-refractivity contribution in [3.8, 4) is 0 Å². The summed E-state index contributed by atoms with van der Waals surface area (Å²) in [4.78, 5) is 12.8. The van der Waals surface area contributed by atoms with Crippen LogP contribution < -0.4 is 0 Å². The van der Waals surface area contributed by atoms with Crippen LogP contribution in [0.5, 0.6) is 0 Å². The van der Waals surface area contributed by atoms with Crippen LogP contribution in [0, 0.1) is 11.8 Å². The lowest BCUT2D eigenvalue weighted by Crippen LogP contribution is -2.39. The standard InChI is InChI=1S/C8H15NO2/c1-6-5-9(2)4-3-7(6)8(10)11/h6-7H,3-5H2,1-2H3,(H,10,11). The van der Waals surface area contributed by atoms with Crippen LogP contribution in [0.15, 0.2) is 0 Å². The summed E-state index contributed by atoms with van der Waals surface area (Å²) in [5, 5.41) is 8.78. The Hall–Kier alpha value is -0.570. The third-order valence-corrected chi connectivity index (χ3v) is 2.43. The van der Waals surface area contributed by atoms with Crippen LogP contribution in [-0.4, -0.2) is 36.1 Å². The fourth-order valence-corrected chi connectivity index (χ4v) is 1.72. The van der Waals surface area contributed by atoms with Gasteiger partial charge in [0.05, 0.1) is 5.92 Å². The molecule has 0 aliphatic carbocycles. The van der Waals surface area contributed by atoms with Crippen LogP contribution in [0.1, 0.15) is 13.3 Å². The van der Waals surface area contributed by atoms with E-state index >= 15 is 0 Å². The minimum Gasteiger partial charge on any atom is -0.481 e. The average Bonchev–Trinajstić information content (AvgIpc) is 1.85. The van der Waals surface area contributed by atoms with Gasteiger partial charge in [0.2, 0.25) is 0 Å². The minimum absolute atomic E-state index is 0.119. The number of piperidine rings is 1. The predicted octanol–water partition coefficient (Wildman–Crippen LogP) is 0.659. The van der Waals surface area contributed by atoms with E-state index in [1.807, 2.05) is 14.0 Å². The predicted molar refractivity (Wildman–Crippen MR) is 42.4 cm³/mol. The van der Waals surface area contributed by atoms with E-state index in [9.17, 15) is 4.79 Å². The van der Waals surface area contributed by atoms with Crippen LogP contribution >= 0.6 is 0 Å². The Kier molecular flexibility index (Phi) is 2.49. The Bertz CT molecular complexity index is 158. The molecular formula is C8H15NO2. The Morgan fingerprint density at radius 2 is 2.27 bits per heavy atom. The molecule has 0 radical (unpaired) electrons. The van der Waals surface area contributed by atoms with E-state index in [-0.39, 0.29) is 5.92 Å². The molecule has 1 N–H and O–H groups in total.